The van der Waals surface area contributed by atoms with Crippen LogP contribution in [-0.4, -0.2) is 31.4 Å². The van der Waals surface area contributed by atoms with Gasteiger partial charge in [0, 0.05) is 12.2 Å². The summed E-state index contributed by atoms with van der Waals surface area (Å²) in [4.78, 5) is 12.3. The third-order valence-electron chi connectivity index (χ3n) is 3.87. The average molecular weight is 346 g/mol. The predicted molar refractivity (Wildman–Crippen MR) is 96.2 cm³/mol. The molecular formula is C18H22N2O3S. The minimum Gasteiger partial charge on any atom is -0.325 e. The molecule has 0 fully saturated rings. The topological polar surface area (TPSA) is 66.5 Å². The first kappa shape index (κ1) is 18.2. The fourth-order valence-electron chi connectivity index (χ4n) is 2.31. The molecule has 0 atom stereocenters. The second-order valence-corrected chi connectivity index (χ2v) is 7.79. The SMILES string of the molecule is Cc1cccc(NC(=O)CN(Cc2ccccc2)S(C)(=O)=O)c1C. The van der Waals surface area contributed by atoms with E-state index < -0.39 is 10.0 Å². The van der Waals surface area contributed by atoms with Gasteiger partial charge < -0.3 is 5.32 Å². The van der Waals surface area contributed by atoms with Crippen molar-refractivity contribution in [3.63, 3.8) is 0 Å². The monoisotopic (exact) mass is 346 g/mol. The number of hydrogen-bond donors (Lipinski definition) is 1. The van der Waals surface area contributed by atoms with Gasteiger partial charge in [0.2, 0.25) is 15.9 Å². The highest BCUT2D eigenvalue weighted by Crippen LogP contribution is 2.18. The largest absolute Gasteiger partial charge is 0.325 e. The van der Waals surface area contributed by atoms with Crippen molar-refractivity contribution in [3.8, 4) is 0 Å². The highest BCUT2D eigenvalue weighted by molar-refractivity contribution is 7.88. The zero-order chi connectivity index (χ0) is 17.7. The van der Waals surface area contributed by atoms with Crippen LogP contribution in [0.1, 0.15) is 16.7 Å². The molecule has 2 rings (SSSR count). The number of carbonyl (C=O) groups excluding carboxylic acids is 1. The van der Waals surface area contributed by atoms with E-state index in [1.165, 1.54) is 4.31 Å². The fraction of sp³-hybridized carbons (Fsp3) is 0.278. The molecule has 2 aromatic rings. The minimum absolute atomic E-state index is 0.167. The summed E-state index contributed by atoms with van der Waals surface area (Å²) in [7, 11) is -3.50. The Morgan fingerprint density at radius 3 is 2.33 bits per heavy atom. The Bertz CT molecular complexity index is 817. The zero-order valence-electron chi connectivity index (χ0n) is 14.1. The molecule has 24 heavy (non-hydrogen) atoms. The number of aryl methyl sites for hydroxylation is 1. The van der Waals surface area contributed by atoms with E-state index in [0.717, 1.165) is 22.9 Å². The summed E-state index contributed by atoms with van der Waals surface area (Å²) >= 11 is 0. The number of nitrogens with one attached hydrogen (secondary N) is 1. The summed E-state index contributed by atoms with van der Waals surface area (Å²) in [6.45, 7) is 3.83. The van der Waals surface area contributed by atoms with Crippen LogP contribution >= 0.6 is 0 Å². The molecule has 0 unspecified atom stereocenters. The van der Waals surface area contributed by atoms with Crippen molar-refractivity contribution in [2.24, 2.45) is 0 Å². The number of hydrogen-bond acceptors (Lipinski definition) is 3. The van der Waals surface area contributed by atoms with Crippen molar-refractivity contribution in [3.05, 3.63) is 65.2 Å². The molecule has 0 aliphatic carbocycles. The van der Waals surface area contributed by atoms with Crippen LogP contribution in [0.4, 0.5) is 5.69 Å². The molecule has 0 aromatic heterocycles. The second kappa shape index (κ2) is 7.59. The van der Waals surface area contributed by atoms with Gasteiger partial charge in [-0.25, -0.2) is 8.42 Å². The molecule has 0 aliphatic rings. The summed E-state index contributed by atoms with van der Waals surface area (Å²) < 4.78 is 25.2. The molecule has 0 radical (unpaired) electrons. The first-order valence-electron chi connectivity index (χ1n) is 7.62. The zero-order valence-corrected chi connectivity index (χ0v) is 14.9. The van der Waals surface area contributed by atoms with Crippen LogP contribution in [0.2, 0.25) is 0 Å². The molecule has 5 nitrogen and oxygen atoms in total. The lowest BCUT2D eigenvalue weighted by Gasteiger charge is -2.20. The standard InChI is InChI=1S/C18H22N2O3S/c1-14-8-7-11-17(15(14)2)19-18(21)13-20(24(3,22)23)12-16-9-5-4-6-10-16/h4-11H,12-13H2,1-3H3,(H,19,21). The van der Waals surface area contributed by atoms with Crippen molar-refractivity contribution in [2.75, 3.05) is 18.1 Å². The minimum atomic E-state index is -3.50. The molecule has 6 heteroatoms. The number of benzene rings is 2. The smallest absolute Gasteiger partial charge is 0.239 e. The van der Waals surface area contributed by atoms with Crippen LogP contribution in [0.5, 0.6) is 0 Å². The molecule has 1 amide bonds. The summed E-state index contributed by atoms with van der Waals surface area (Å²) in [5, 5.41) is 2.79. The third-order valence-corrected chi connectivity index (χ3v) is 5.07. The normalized spacial score (nSPS) is 11.5. The summed E-state index contributed by atoms with van der Waals surface area (Å²) in [5.74, 6) is -0.356. The van der Waals surface area contributed by atoms with Gasteiger partial charge in [0.15, 0.2) is 0 Å². The van der Waals surface area contributed by atoms with Crippen LogP contribution in [0, 0.1) is 13.8 Å². The predicted octanol–water partition coefficient (Wildman–Crippen LogP) is 2.70. The van der Waals surface area contributed by atoms with E-state index in [4.69, 9.17) is 0 Å². The van der Waals surface area contributed by atoms with Crippen molar-refractivity contribution in [1.82, 2.24) is 4.31 Å². The molecule has 2 aromatic carbocycles. The van der Waals surface area contributed by atoms with E-state index in [9.17, 15) is 13.2 Å². The Hall–Kier alpha value is -2.18. The number of anilines is 1. The van der Waals surface area contributed by atoms with E-state index in [0.29, 0.717) is 5.69 Å². The maximum Gasteiger partial charge on any atom is 0.239 e. The van der Waals surface area contributed by atoms with Crippen LogP contribution in [0.3, 0.4) is 0 Å². The van der Waals surface area contributed by atoms with Gasteiger partial charge in [-0.2, -0.15) is 4.31 Å². The molecule has 0 saturated heterocycles. The van der Waals surface area contributed by atoms with Gasteiger partial charge in [-0.05, 0) is 36.6 Å². The molecule has 0 aliphatic heterocycles. The summed E-state index contributed by atoms with van der Waals surface area (Å²) in [6.07, 6.45) is 1.11. The van der Waals surface area contributed by atoms with Crippen LogP contribution < -0.4 is 5.32 Å². The molecule has 0 heterocycles. The van der Waals surface area contributed by atoms with Gasteiger partial charge in [-0.3, -0.25) is 4.79 Å². The molecule has 0 bridgehead atoms. The van der Waals surface area contributed by atoms with Crippen LogP contribution in [0.25, 0.3) is 0 Å². The van der Waals surface area contributed by atoms with E-state index in [2.05, 4.69) is 5.32 Å². The van der Waals surface area contributed by atoms with Gasteiger partial charge in [0.05, 0.1) is 12.8 Å². The quantitative estimate of drug-likeness (QED) is 0.874. The Balaban J connectivity index is 2.12. The lowest BCUT2D eigenvalue weighted by Crippen LogP contribution is -2.37. The van der Waals surface area contributed by atoms with Crippen molar-refractivity contribution < 1.29 is 13.2 Å². The van der Waals surface area contributed by atoms with Crippen molar-refractivity contribution in [2.45, 2.75) is 20.4 Å². The highest BCUT2D eigenvalue weighted by Gasteiger charge is 2.20. The number of nitrogens with zero attached hydrogens (tertiary/aromatic N) is 1. The van der Waals surface area contributed by atoms with E-state index in [1.54, 1.807) is 0 Å². The van der Waals surface area contributed by atoms with Gasteiger partial charge in [0.25, 0.3) is 0 Å². The Kier molecular flexibility index (Phi) is 5.75. The summed E-state index contributed by atoms with van der Waals surface area (Å²) in [6, 6.07) is 14.8. The van der Waals surface area contributed by atoms with E-state index in [-0.39, 0.29) is 19.0 Å². The third kappa shape index (κ3) is 4.91. The van der Waals surface area contributed by atoms with E-state index in [1.807, 2.05) is 62.4 Å². The van der Waals surface area contributed by atoms with Crippen LogP contribution in [-0.2, 0) is 21.4 Å². The number of carbonyl (C=O) groups is 1. The highest BCUT2D eigenvalue weighted by atomic mass is 32.2. The Labute approximate surface area is 143 Å². The lowest BCUT2D eigenvalue weighted by molar-refractivity contribution is -0.116. The summed E-state index contributed by atoms with van der Waals surface area (Å²) in [5.41, 5.74) is 3.58. The Morgan fingerprint density at radius 1 is 1.04 bits per heavy atom. The average Bonchev–Trinajstić information content (AvgIpc) is 2.51. The number of rotatable bonds is 6. The van der Waals surface area contributed by atoms with Gasteiger partial charge in [-0.1, -0.05) is 42.5 Å². The van der Waals surface area contributed by atoms with Crippen LogP contribution in [0.15, 0.2) is 48.5 Å². The fourth-order valence-corrected chi connectivity index (χ4v) is 3.05. The van der Waals surface area contributed by atoms with Gasteiger partial charge in [0.1, 0.15) is 0 Å². The molecule has 128 valence electrons. The molecular weight excluding hydrogens is 324 g/mol. The maximum absolute atomic E-state index is 12.3. The Morgan fingerprint density at radius 2 is 1.71 bits per heavy atom. The maximum atomic E-state index is 12.3. The first-order chi connectivity index (χ1) is 11.3. The number of sulfonamides is 1. The molecule has 0 spiro atoms. The van der Waals surface area contributed by atoms with Gasteiger partial charge in [-0.15, -0.1) is 0 Å². The number of amides is 1. The first-order valence-corrected chi connectivity index (χ1v) is 9.47. The van der Waals surface area contributed by atoms with E-state index >= 15 is 0 Å². The van der Waals surface area contributed by atoms with Crippen molar-refractivity contribution in [1.29, 1.82) is 0 Å². The lowest BCUT2D eigenvalue weighted by atomic mass is 10.1. The second-order valence-electron chi connectivity index (χ2n) is 5.81. The van der Waals surface area contributed by atoms with Gasteiger partial charge >= 0.3 is 0 Å². The van der Waals surface area contributed by atoms with Crippen molar-refractivity contribution >= 4 is 21.6 Å². The molecule has 0 saturated carbocycles. The molecule has 1 N–H and O–H groups in total.